The maximum atomic E-state index is 10.5. The number of H-pyrrole nitrogens is 1. The Hall–Kier alpha value is -1.45. The number of hydrogen-bond acceptors (Lipinski definition) is 2. The molecule has 0 bridgehead atoms. The summed E-state index contributed by atoms with van der Waals surface area (Å²) in [6, 6.07) is 1.61. The van der Waals surface area contributed by atoms with E-state index in [1.54, 1.807) is 12.3 Å². The van der Waals surface area contributed by atoms with Crippen molar-refractivity contribution in [2.45, 2.75) is 13.3 Å². The molecule has 0 radical (unpaired) electrons. The summed E-state index contributed by atoms with van der Waals surface area (Å²) in [5.74, 6) is -0.588. The van der Waals surface area contributed by atoms with Gasteiger partial charge < -0.3 is 14.8 Å². The molecule has 0 amide bonds. The lowest BCUT2D eigenvalue weighted by molar-refractivity contribution is 0.0686. The van der Waals surface area contributed by atoms with Gasteiger partial charge in [0.05, 0.1) is 6.61 Å². The molecule has 1 aromatic rings. The smallest absolute Gasteiger partial charge is 0.356 e. The second-order valence-corrected chi connectivity index (χ2v) is 2.37. The van der Waals surface area contributed by atoms with Crippen LogP contribution in [0.1, 0.15) is 23.8 Å². The van der Waals surface area contributed by atoms with E-state index in [9.17, 15) is 4.79 Å². The van der Waals surface area contributed by atoms with Gasteiger partial charge >= 0.3 is 5.97 Å². The third kappa shape index (κ3) is 1.78. The Bertz CT molecular complexity index is 267. The van der Waals surface area contributed by atoms with Gasteiger partial charge in [0.15, 0.2) is 11.4 Å². The first-order valence-corrected chi connectivity index (χ1v) is 3.79. The van der Waals surface area contributed by atoms with Gasteiger partial charge in [0, 0.05) is 6.20 Å². The molecule has 0 aliphatic heterocycles. The molecule has 0 saturated heterocycles. The Morgan fingerprint density at radius 3 is 3.08 bits per heavy atom. The molecule has 0 fully saturated rings. The van der Waals surface area contributed by atoms with Crippen molar-refractivity contribution < 1.29 is 14.6 Å². The highest BCUT2D eigenvalue weighted by Crippen LogP contribution is 2.16. The zero-order chi connectivity index (χ0) is 8.97. The highest BCUT2D eigenvalue weighted by Gasteiger charge is 2.11. The maximum absolute atomic E-state index is 10.5. The van der Waals surface area contributed by atoms with E-state index in [0.717, 1.165) is 6.42 Å². The molecular formula is C8H11NO3. The molecule has 0 spiro atoms. The van der Waals surface area contributed by atoms with Gasteiger partial charge in [-0.1, -0.05) is 6.92 Å². The SMILES string of the molecule is CCCOc1cc[nH]c1C(=O)O. The van der Waals surface area contributed by atoms with Crippen molar-refractivity contribution in [3.05, 3.63) is 18.0 Å². The van der Waals surface area contributed by atoms with E-state index >= 15 is 0 Å². The summed E-state index contributed by atoms with van der Waals surface area (Å²) in [5, 5.41) is 8.64. The van der Waals surface area contributed by atoms with E-state index in [4.69, 9.17) is 9.84 Å². The number of ether oxygens (including phenoxy) is 1. The van der Waals surface area contributed by atoms with Gasteiger partial charge in [-0.15, -0.1) is 0 Å². The number of carbonyl (C=O) groups is 1. The zero-order valence-corrected chi connectivity index (χ0v) is 6.83. The number of nitrogens with one attached hydrogen (secondary N) is 1. The molecule has 12 heavy (non-hydrogen) atoms. The third-order valence-electron chi connectivity index (χ3n) is 1.38. The number of aromatic carboxylic acids is 1. The van der Waals surface area contributed by atoms with Gasteiger partial charge in [-0.3, -0.25) is 0 Å². The second-order valence-electron chi connectivity index (χ2n) is 2.37. The van der Waals surface area contributed by atoms with Crippen LogP contribution in [0.25, 0.3) is 0 Å². The Kier molecular flexibility index (Phi) is 2.74. The van der Waals surface area contributed by atoms with Gasteiger partial charge in [0.2, 0.25) is 0 Å². The number of rotatable bonds is 4. The summed E-state index contributed by atoms with van der Waals surface area (Å²) in [6.45, 7) is 2.51. The van der Waals surface area contributed by atoms with Crippen LogP contribution >= 0.6 is 0 Å². The van der Waals surface area contributed by atoms with Crippen molar-refractivity contribution in [2.75, 3.05) is 6.61 Å². The Morgan fingerprint density at radius 1 is 1.75 bits per heavy atom. The summed E-state index contributed by atoms with van der Waals surface area (Å²) >= 11 is 0. The van der Waals surface area contributed by atoms with Crippen molar-refractivity contribution in [2.24, 2.45) is 0 Å². The minimum Gasteiger partial charge on any atom is -0.491 e. The fourth-order valence-electron chi connectivity index (χ4n) is 0.855. The number of aromatic amines is 1. The Balaban J connectivity index is 2.70. The predicted octanol–water partition coefficient (Wildman–Crippen LogP) is 1.50. The van der Waals surface area contributed by atoms with Crippen LogP contribution in [-0.4, -0.2) is 22.7 Å². The third-order valence-corrected chi connectivity index (χ3v) is 1.38. The average Bonchev–Trinajstić information content (AvgIpc) is 2.48. The topological polar surface area (TPSA) is 62.3 Å². The van der Waals surface area contributed by atoms with E-state index in [-0.39, 0.29) is 5.69 Å². The van der Waals surface area contributed by atoms with Crippen LogP contribution in [0, 0.1) is 0 Å². The predicted molar refractivity (Wildman–Crippen MR) is 43.5 cm³/mol. The Labute approximate surface area is 70.2 Å². The van der Waals surface area contributed by atoms with Crippen LogP contribution in [0.15, 0.2) is 12.3 Å². The molecule has 1 aromatic heterocycles. The molecule has 0 aromatic carbocycles. The number of carboxylic acid groups (broad SMARTS) is 1. The first-order valence-electron chi connectivity index (χ1n) is 3.79. The first kappa shape index (κ1) is 8.64. The molecule has 66 valence electrons. The van der Waals surface area contributed by atoms with Crippen molar-refractivity contribution in [3.8, 4) is 5.75 Å². The Morgan fingerprint density at radius 2 is 2.50 bits per heavy atom. The van der Waals surface area contributed by atoms with E-state index in [0.29, 0.717) is 12.4 Å². The molecule has 0 aliphatic rings. The molecule has 4 heteroatoms. The van der Waals surface area contributed by atoms with Crippen LogP contribution < -0.4 is 4.74 Å². The maximum Gasteiger partial charge on any atom is 0.356 e. The van der Waals surface area contributed by atoms with E-state index in [1.807, 2.05) is 6.92 Å². The second kappa shape index (κ2) is 3.80. The molecule has 0 unspecified atom stereocenters. The van der Waals surface area contributed by atoms with Crippen LogP contribution in [-0.2, 0) is 0 Å². The van der Waals surface area contributed by atoms with Gasteiger partial charge in [-0.2, -0.15) is 0 Å². The van der Waals surface area contributed by atoms with Gasteiger partial charge in [0.25, 0.3) is 0 Å². The lowest BCUT2D eigenvalue weighted by Crippen LogP contribution is -2.02. The van der Waals surface area contributed by atoms with E-state index in [2.05, 4.69) is 4.98 Å². The summed E-state index contributed by atoms with van der Waals surface area (Å²) < 4.78 is 5.18. The van der Waals surface area contributed by atoms with Gasteiger partial charge in [-0.05, 0) is 12.5 Å². The highest BCUT2D eigenvalue weighted by atomic mass is 16.5. The lowest BCUT2D eigenvalue weighted by atomic mass is 10.4. The molecular weight excluding hydrogens is 158 g/mol. The van der Waals surface area contributed by atoms with Crippen molar-refractivity contribution in [1.29, 1.82) is 0 Å². The summed E-state index contributed by atoms with van der Waals surface area (Å²) in [6.07, 6.45) is 2.42. The monoisotopic (exact) mass is 169 g/mol. The summed E-state index contributed by atoms with van der Waals surface area (Å²) in [4.78, 5) is 13.1. The van der Waals surface area contributed by atoms with Crippen molar-refractivity contribution in [3.63, 3.8) is 0 Å². The van der Waals surface area contributed by atoms with E-state index in [1.165, 1.54) is 0 Å². The van der Waals surface area contributed by atoms with Crippen LogP contribution in [0.4, 0.5) is 0 Å². The van der Waals surface area contributed by atoms with Crippen molar-refractivity contribution in [1.82, 2.24) is 4.98 Å². The average molecular weight is 169 g/mol. The summed E-state index contributed by atoms with van der Waals surface area (Å²) in [7, 11) is 0. The quantitative estimate of drug-likeness (QED) is 0.718. The normalized spacial score (nSPS) is 9.75. The number of carboxylic acids is 1. The molecule has 4 nitrogen and oxygen atoms in total. The number of aromatic nitrogens is 1. The minimum absolute atomic E-state index is 0.114. The fourth-order valence-corrected chi connectivity index (χ4v) is 0.855. The number of hydrogen-bond donors (Lipinski definition) is 2. The molecule has 2 N–H and O–H groups in total. The molecule has 0 saturated carbocycles. The van der Waals surface area contributed by atoms with Gasteiger partial charge in [-0.25, -0.2) is 4.79 Å². The molecule has 1 heterocycles. The summed E-state index contributed by atoms with van der Waals surface area (Å²) in [5.41, 5.74) is 0.114. The standard InChI is InChI=1S/C8H11NO3/c1-2-5-12-6-3-4-9-7(6)8(10)11/h3-4,9H,2,5H2,1H3,(H,10,11). The fraction of sp³-hybridized carbons (Fsp3) is 0.375. The van der Waals surface area contributed by atoms with Gasteiger partial charge in [0.1, 0.15) is 0 Å². The molecule has 0 atom stereocenters. The lowest BCUT2D eigenvalue weighted by Gasteiger charge is -2.01. The van der Waals surface area contributed by atoms with Crippen LogP contribution in [0.5, 0.6) is 5.75 Å². The van der Waals surface area contributed by atoms with Crippen LogP contribution in [0.3, 0.4) is 0 Å². The zero-order valence-electron chi connectivity index (χ0n) is 6.83. The largest absolute Gasteiger partial charge is 0.491 e. The molecule has 1 rings (SSSR count). The first-order chi connectivity index (χ1) is 5.75. The van der Waals surface area contributed by atoms with E-state index < -0.39 is 5.97 Å². The van der Waals surface area contributed by atoms with Crippen molar-refractivity contribution >= 4 is 5.97 Å². The highest BCUT2D eigenvalue weighted by molar-refractivity contribution is 5.88. The molecule has 0 aliphatic carbocycles. The minimum atomic E-state index is -0.994. The van der Waals surface area contributed by atoms with Crippen LogP contribution in [0.2, 0.25) is 0 Å².